The molecule has 0 radical (unpaired) electrons. The Morgan fingerprint density at radius 3 is 2.76 bits per heavy atom. The van der Waals surface area contributed by atoms with Gasteiger partial charge >= 0.3 is 0 Å². The molecule has 106 valence electrons. The number of hydrogen-bond donors (Lipinski definition) is 1. The molecule has 0 aromatic heterocycles. The van der Waals surface area contributed by atoms with E-state index in [0.29, 0.717) is 11.3 Å². The number of hydrogen-bond acceptors (Lipinski definition) is 3. The van der Waals surface area contributed by atoms with Gasteiger partial charge in [0.2, 0.25) is 5.91 Å². The van der Waals surface area contributed by atoms with E-state index in [1.54, 1.807) is 18.2 Å². The lowest BCUT2D eigenvalue weighted by Crippen LogP contribution is -2.12. The van der Waals surface area contributed by atoms with Crippen LogP contribution in [0.25, 0.3) is 0 Å². The first-order valence-electron chi connectivity index (χ1n) is 5.92. The average Bonchev–Trinajstić information content (AvgIpc) is 2.47. The van der Waals surface area contributed by atoms with E-state index in [9.17, 15) is 9.18 Å². The van der Waals surface area contributed by atoms with Crippen LogP contribution in [-0.4, -0.2) is 5.91 Å². The van der Waals surface area contributed by atoms with Crippen molar-refractivity contribution in [2.75, 3.05) is 0 Å². The largest absolute Gasteiger partial charge is 0.487 e. The number of carbonyl (C=O) groups excluding carboxylic acids is 1. The molecule has 2 rings (SSSR count). The predicted octanol–water partition coefficient (Wildman–Crippen LogP) is 3.14. The van der Waals surface area contributed by atoms with E-state index in [4.69, 9.17) is 15.7 Å². The smallest absolute Gasteiger partial charge is 0.248 e. The minimum atomic E-state index is -0.641. The summed E-state index contributed by atoms with van der Waals surface area (Å²) in [5.41, 5.74) is 5.87. The molecule has 0 fully saturated rings. The van der Waals surface area contributed by atoms with Crippen molar-refractivity contribution in [3.8, 4) is 11.8 Å². The number of nitrogens with zero attached hydrogens (tertiary/aromatic N) is 1. The molecule has 6 heteroatoms. The first kappa shape index (κ1) is 15.0. The Morgan fingerprint density at radius 1 is 1.33 bits per heavy atom. The zero-order valence-corrected chi connectivity index (χ0v) is 12.4. The molecule has 2 N–H and O–H groups in total. The first-order valence-corrected chi connectivity index (χ1v) is 6.71. The SMILES string of the molecule is N#Cc1cc(Br)ccc1OCc1cc(C(N)=O)ccc1F. The second-order valence-corrected chi connectivity index (χ2v) is 5.13. The Morgan fingerprint density at radius 2 is 2.10 bits per heavy atom. The summed E-state index contributed by atoms with van der Waals surface area (Å²) in [6.45, 7) is -0.108. The van der Waals surface area contributed by atoms with Crippen LogP contribution in [0.15, 0.2) is 40.9 Å². The summed E-state index contributed by atoms with van der Waals surface area (Å²) in [4.78, 5) is 11.1. The van der Waals surface area contributed by atoms with Gasteiger partial charge in [-0.1, -0.05) is 15.9 Å². The molecular formula is C15H10BrFN2O2. The Labute approximate surface area is 129 Å². The molecule has 0 saturated heterocycles. The summed E-state index contributed by atoms with van der Waals surface area (Å²) in [7, 11) is 0. The van der Waals surface area contributed by atoms with Crippen molar-refractivity contribution in [2.45, 2.75) is 6.61 Å². The molecule has 0 aliphatic carbocycles. The second-order valence-electron chi connectivity index (χ2n) is 4.21. The molecule has 1 amide bonds. The third-order valence-electron chi connectivity index (χ3n) is 2.78. The Balaban J connectivity index is 2.22. The predicted molar refractivity (Wildman–Crippen MR) is 78.1 cm³/mol. The summed E-state index contributed by atoms with van der Waals surface area (Å²) >= 11 is 3.25. The third-order valence-corrected chi connectivity index (χ3v) is 3.27. The van der Waals surface area contributed by atoms with Gasteiger partial charge in [0.1, 0.15) is 24.2 Å². The highest BCUT2D eigenvalue weighted by atomic mass is 79.9. The topological polar surface area (TPSA) is 76.1 Å². The standard InChI is InChI=1S/C15H10BrFN2O2/c16-12-2-4-14(10(6-12)7-18)21-8-11-5-9(15(19)20)1-3-13(11)17/h1-6H,8H2,(H2,19,20). The first-order chi connectivity index (χ1) is 10.0. The molecular weight excluding hydrogens is 339 g/mol. The number of halogens is 2. The van der Waals surface area contributed by atoms with E-state index in [0.717, 1.165) is 10.5 Å². The van der Waals surface area contributed by atoms with Gasteiger partial charge in [0.25, 0.3) is 0 Å². The van der Waals surface area contributed by atoms with Gasteiger partial charge in [0, 0.05) is 15.6 Å². The zero-order valence-electron chi connectivity index (χ0n) is 10.8. The summed E-state index contributed by atoms with van der Waals surface area (Å²) in [6, 6.07) is 10.7. The van der Waals surface area contributed by atoms with Gasteiger partial charge in [-0.2, -0.15) is 5.26 Å². The average molecular weight is 349 g/mol. The van der Waals surface area contributed by atoms with E-state index in [-0.39, 0.29) is 17.7 Å². The van der Waals surface area contributed by atoms with Crippen LogP contribution in [0, 0.1) is 17.1 Å². The van der Waals surface area contributed by atoms with Gasteiger partial charge < -0.3 is 10.5 Å². The summed E-state index contributed by atoms with van der Waals surface area (Å²) < 4.78 is 19.9. The Hall–Kier alpha value is -2.39. The number of primary amides is 1. The molecule has 0 aliphatic rings. The van der Waals surface area contributed by atoms with Crippen LogP contribution < -0.4 is 10.5 Å². The third kappa shape index (κ3) is 3.58. The van der Waals surface area contributed by atoms with Gasteiger partial charge in [-0.05, 0) is 36.4 Å². The minimum absolute atomic E-state index is 0.108. The molecule has 4 nitrogen and oxygen atoms in total. The molecule has 2 aromatic rings. The number of nitrogens with two attached hydrogens (primary N) is 1. The number of benzene rings is 2. The van der Waals surface area contributed by atoms with Crippen molar-refractivity contribution in [2.24, 2.45) is 5.73 Å². The Kier molecular flexibility index (Phi) is 4.55. The highest BCUT2D eigenvalue weighted by Gasteiger charge is 2.10. The maximum absolute atomic E-state index is 13.7. The van der Waals surface area contributed by atoms with Gasteiger partial charge in [0.05, 0.1) is 5.56 Å². The van der Waals surface area contributed by atoms with Crippen LogP contribution in [0.1, 0.15) is 21.5 Å². The quantitative estimate of drug-likeness (QED) is 0.921. The van der Waals surface area contributed by atoms with Crippen LogP contribution in [-0.2, 0) is 6.61 Å². The van der Waals surface area contributed by atoms with E-state index in [1.165, 1.54) is 12.1 Å². The van der Waals surface area contributed by atoms with Gasteiger partial charge in [-0.3, -0.25) is 4.79 Å². The molecule has 0 aliphatic heterocycles. The van der Waals surface area contributed by atoms with Crippen LogP contribution in [0.4, 0.5) is 4.39 Å². The van der Waals surface area contributed by atoms with E-state index >= 15 is 0 Å². The number of rotatable bonds is 4. The molecule has 0 spiro atoms. The molecule has 0 saturated carbocycles. The molecule has 0 heterocycles. The van der Waals surface area contributed by atoms with Gasteiger partial charge in [0.15, 0.2) is 0 Å². The summed E-state index contributed by atoms with van der Waals surface area (Å²) in [5, 5.41) is 9.03. The van der Waals surface area contributed by atoms with Crippen molar-refractivity contribution in [3.63, 3.8) is 0 Å². The van der Waals surface area contributed by atoms with E-state index in [2.05, 4.69) is 15.9 Å². The normalized spacial score (nSPS) is 9.95. The van der Waals surface area contributed by atoms with Crippen molar-refractivity contribution >= 4 is 21.8 Å². The second kappa shape index (κ2) is 6.37. The molecule has 0 atom stereocenters. The fraction of sp³-hybridized carbons (Fsp3) is 0.0667. The minimum Gasteiger partial charge on any atom is -0.487 e. The van der Waals surface area contributed by atoms with E-state index < -0.39 is 11.7 Å². The van der Waals surface area contributed by atoms with Crippen LogP contribution in [0.2, 0.25) is 0 Å². The van der Waals surface area contributed by atoms with Crippen molar-refractivity contribution < 1.29 is 13.9 Å². The summed E-state index contributed by atoms with van der Waals surface area (Å²) in [5.74, 6) is -0.808. The van der Waals surface area contributed by atoms with Crippen molar-refractivity contribution in [1.82, 2.24) is 0 Å². The molecule has 21 heavy (non-hydrogen) atoms. The molecule has 0 bridgehead atoms. The fourth-order valence-corrected chi connectivity index (χ4v) is 2.07. The maximum Gasteiger partial charge on any atom is 0.248 e. The lowest BCUT2D eigenvalue weighted by molar-refractivity contribution is 0.1000. The van der Waals surface area contributed by atoms with Crippen molar-refractivity contribution in [1.29, 1.82) is 5.26 Å². The maximum atomic E-state index is 13.7. The summed E-state index contributed by atoms with van der Waals surface area (Å²) in [6.07, 6.45) is 0. The van der Waals surface area contributed by atoms with Gasteiger partial charge in [-0.25, -0.2) is 4.39 Å². The zero-order chi connectivity index (χ0) is 15.4. The number of nitriles is 1. The lowest BCUT2D eigenvalue weighted by Gasteiger charge is -2.09. The van der Waals surface area contributed by atoms with E-state index in [1.807, 2.05) is 6.07 Å². The lowest BCUT2D eigenvalue weighted by atomic mass is 10.1. The monoisotopic (exact) mass is 348 g/mol. The highest BCUT2D eigenvalue weighted by molar-refractivity contribution is 9.10. The number of carbonyl (C=O) groups is 1. The van der Waals surface area contributed by atoms with Crippen LogP contribution in [0.5, 0.6) is 5.75 Å². The van der Waals surface area contributed by atoms with Crippen LogP contribution >= 0.6 is 15.9 Å². The van der Waals surface area contributed by atoms with Crippen LogP contribution in [0.3, 0.4) is 0 Å². The van der Waals surface area contributed by atoms with Gasteiger partial charge in [-0.15, -0.1) is 0 Å². The highest BCUT2D eigenvalue weighted by Crippen LogP contribution is 2.24. The number of amides is 1. The molecule has 0 unspecified atom stereocenters. The fourth-order valence-electron chi connectivity index (χ4n) is 1.71. The molecule has 2 aromatic carbocycles. The number of ether oxygens (including phenoxy) is 1. The van der Waals surface area contributed by atoms with Crippen molar-refractivity contribution in [3.05, 3.63) is 63.4 Å². The Bertz CT molecular complexity index is 741.